The molecule has 0 radical (unpaired) electrons. The van der Waals surface area contributed by atoms with Gasteiger partial charge in [-0.2, -0.15) is 5.10 Å². The first kappa shape index (κ1) is 9.99. The highest BCUT2D eigenvalue weighted by Gasteiger charge is 2.01. The van der Waals surface area contributed by atoms with Crippen LogP contribution >= 0.6 is 11.6 Å². The monoisotopic (exact) mass is 197 g/mol. The van der Waals surface area contributed by atoms with Crippen LogP contribution in [-0.4, -0.2) is 14.6 Å². The van der Waals surface area contributed by atoms with Gasteiger partial charge in [0, 0.05) is 6.20 Å². The molecule has 0 aliphatic rings. The Labute approximate surface area is 82.4 Å². The van der Waals surface area contributed by atoms with E-state index in [0.717, 1.165) is 5.82 Å². The van der Waals surface area contributed by atoms with Crippen LogP contribution < -0.4 is 0 Å². The normalized spacial score (nSPS) is 9.54. The Hall–Kier alpha value is -1.09. The van der Waals surface area contributed by atoms with Gasteiger partial charge in [0.25, 0.3) is 0 Å². The largest absolute Gasteiger partial charge is 0.219 e. The smallest absolute Gasteiger partial charge is 0.174 e. The van der Waals surface area contributed by atoms with Gasteiger partial charge in [0.1, 0.15) is 5.82 Å². The molecule has 3 nitrogen and oxygen atoms in total. The maximum absolute atomic E-state index is 5.85. The summed E-state index contributed by atoms with van der Waals surface area (Å²) in [5.41, 5.74) is 0.715. The summed E-state index contributed by atoms with van der Waals surface area (Å²) >= 11 is 5.85. The molecule has 0 N–H and O–H groups in total. The number of fused-ring (bicyclic) bond motifs is 1. The van der Waals surface area contributed by atoms with E-state index in [9.17, 15) is 0 Å². The van der Waals surface area contributed by atoms with E-state index in [1.165, 1.54) is 0 Å². The van der Waals surface area contributed by atoms with E-state index in [0.29, 0.717) is 10.7 Å². The maximum atomic E-state index is 5.85. The van der Waals surface area contributed by atoms with Crippen molar-refractivity contribution in [3.05, 3.63) is 29.2 Å². The fraction of sp³-hybridized carbons (Fsp3) is 0.333. The number of aromatic nitrogens is 3. The van der Waals surface area contributed by atoms with Crippen LogP contribution in [0.5, 0.6) is 0 Å². The Morgan fingerprint density at radius 2 is 2.08 bits per heavy atom. The van der Waals surface area contributed by atoms with Crippen LogP contribution in [0, 0.1) is 6.92 Å². The van der Waals surface area contributed by atoms with Crippen LogP contribution in [0.15, 0.2) is 18.3 Å². The number of nitrogens with zero attached hydrogens (tertiary/aromatic N) is 3. The average molecular weight is 198 g/mol. The average Bonchev–Trinajstić information content (AvgIpc) is 2.51. The minimum atomic E-state index is 0.633. The Morgan fingerprint density at radius 3 is 2.69 bits per heavy atom. The molecule has 0 saturated carbocycles. The Kier molecular flexibility index (Phi) is 3.25. The van der Waals surface area contributed by atoms with Crippen molar-refractivity contribution in [2.45, 2.75) is 20.8 Å². The number of rotatable bonds is 0. The Bertz CT molecular complexity index is 395. The number of hydrogen-bond acceptors (Lipinski definition) is 2. The molecule has 0 unspecified atom stereocenters. The lowest BCUT2D eigenvalue weighted by atomic mass is 10.5. The van der Waals surface area contributed by atoms with Crippen molar-refractivity contribution in [3.63, 3.8) is 0 Å². The molecule has 2 heterocycles. The van der Waals surface area contributed by atoms with Gasteiger partial charge in [0.05, 0.1) is 5.02 Å². The van der Waals surface area contributed by atoms with Gasteiger partial charge in [-0.05, 0) is 19.1 Å². The summed E-state index contributed by atoms with van der Waals surface area (Å²) in [4.78, 5) is 4.13. The Morgan fingerprint density at radius 1 is 1.38 bits per heavy atom. The summed E-state index contributed by atoms with van der Waals surface area (Å²) in [6.07, 6.45) is 1.82. The van der Waals surface area contributed by atoms with Crippen molar-refractivity contribution in [2.75, 3.05) is 0 Å². The summed E-state index contributed by atoms with van der Waals surface area (Å²) in [5, 5.41) is 4.73. The lowest BCUT2D eigenvalue weighted by Crippen LogP contribution is -1.85. The molecule has 70 valence electrons. The zero-order valence-electron chi connectivity index (χ0n) is 7.95. The number of aryl methyl sites for hydroxylation is 1. The van der Waals surface area contributed by atoms with Crippen molar-refractivity contribution in [3.8, 4) is 0 Å². The predicted octanol–water partition coefficient (Wildman–Crippen LogP) is 2.72. The van der Waals surface area contributed by atoms with E-state index in [-0.39, 0.29) is 0 Å². The van der Waals surface area contributed by atoms with E-state index in [1.54, 1.807) is 10.6 Å². The summed E-state index contributed by atoms with van der Waals surface area (Å²) in [7, 11) is 0. The molecule has 0 atom stereocenters. The molecule has 0 fully saturated rings. The molecule has 0 aromatic carbocycles. The topological polar surface area (TPSA) is 30.2 Å². The zero-order valence-corrected chi connectivity index (χ0v) is 8.71. The van der Waals surface area contributed by atoms with E-state index >= 15 is 0 Å². The van der Waals surface area contributed by atoms with Gasteiger partial charge in [-0.3, -0.25) is 0 Å². The van der Waals surface area contributed by atoms with Crippen LogP contribution in [0.4, 0.5) is 0 Å². The van der Waals surface area contributed by atoms with Crippen molar-refractivity contribution in [1.29, 1.82) is 0 Å². The quantitative estimate of drug-likeness (QED) is 0.650. The van der Waals surface area contributed by atoms with Gasteiger partial charge in [0.2, 0.25) is 0 Å². The van der Waals surface area contributed by atoms with E-state index in [1.807, 2.05) is 33.0 Å². The second-order valence-corrected chi connectivity index (χ2v) is 2.69. The highest BCUT2D eigenvalue weighted by Crippen LogP contribution is 2.13. The van der Waals surface area contributed by atoms with Gasteiger partial charge in [-0.15, -0.1) is 0 Å². The second kappa shape index (κ2) is 4.23. The molecule has 2 rings (SSSR count). The molecule has 0 saturated heterocycles. The van der Waals surface area contributed by atoms with Gasteiger partial charge < -0.3 is 0 Å². The summed E-state index contributed by atoms with van der Waals surface area (Å²) in [6, 6.07) is 3.63. The number of pyridine rings is 1. The fourth-order valence-electron chi connectivity index (χ4n) is 0.980. The van der Waals surface area contributed by atoms with Gasteiger partial charge in [0.15, 0.2) is 5.65 Å². The summed E-state index contributed by atoms with van der Waals surface area (Å²) in [6.45, 7) is 5.84. The zero-order chi connectivity index (χ0) is 9.84. The lowest BCUT2D eigenvalue weighted by molar-refractivity contribution is 0.931. The third-order valence-corrected chi connectivity index (χ3v) is 1.72. The van der Waals surface area contributed by atoms with Gasteiger partial charge >= 0.3 is 0 Å². The molecule has 0 spiro atoms. The fourth-order valence-corrected chi connectivity index (χ4v) is 1.18. The van der Waals surface area contributed by atoms with E-state index in [4.69, 9.17) is 11.6 Å². The molecule has 13 heavy (non-hydrogen) atoms. The SMILES string of the molecule is CC.Cc1nc2c(Cl)cccn2n1. The molecule has 0 aliphatic heterocycles. The van der Waals surface area contributed by atoms with Crippen LogP contribution in [-0.2, 0) is 0 Å². The lowest BCUT2D eigenvalue weighted by Gasteiger charge is -1.90. The van der Waals surface area contributed by atoms with Crippen molar-refractivity contribution < 1.29 is 0 Å². The highest BCUT2D eigenvalue weighted by atomic mass is 35.5. The standard InChI is InChI=1S/C7H6ClN3.C2H6/c1-5-9-7-6(8)3-2-4-11(7)10-5;1-2/h2-4H,1H3;1-2H3. The highest BCUT2D eigenvalue weighted by molar-refractivity contribution is 6.33. The molecule has 2 aromatic rings. The number of halogens is 1. The Balaban J connectivity index is 0.000000396. The second-order valence-electron chi connectivity index (χ2n) is 2.28. The first-order valence-electron chi connectivity index (χ1n) is 4.25. The van der Waals surface area contributed by atoms with Crippen LogP contribution in [0.3, 0.4) is 0 Å². The summed E-state index contributed by atoms with van der Waals surface area (Å²) in [5.74, 6) is 0.734. The van der Waals surface area contributed by atoms with Gasteiger partial charge in [-0.25, -0.2) is 9.50 Å². The first-order chi connectivity index (χ1) is 6.27. The minimum Gasteiger partial charge on any atom is -0.219 e. The van der Waals surface area contributed by atoms with Crippen LogP contribution in [0.1, 0.15) is 19.7 Å². The molecule has 0 bridgehead atoms. The molecule has 0 amide bonds. The maximum Gasteiger partial charge on any atom is 0.174 e. The van der Waals surface area contributed by atoms with Gasteiger partial charge in [-0.1, -0.05) is 25.4 Å². The molecular formula is C9H12ClN3. The predicted molar refractivity (Wildman–Crippen MR) is 54.1 cm³/mol. The van der Waals surface area contributed by atoms with E-state index in [2.05, 4.69) is 10.1 Å². The molecule has 2 aromatic heterocycles. The number of hydrogen-bond donors (Lipinski definition) is 0. The summed E-state index contributed by atoms with van der Waals surface area (Å²) < 4.78 is 1.66. The van der Waals surface area contributed by atoms with E-state index < -0.39 is 0 Å². The van der Waals surface area contributed by atoms with Crippen LogP contribution in [0.2, 0.25) is 5.02 Å². The van der Waals surface area contributed by atoms with Crippen molar-refractivity contribution in [2.24, 2.45) is 0 Å². The van der Waals surface area contributed by atoms with Crippen molar-refractivity contribution >= 4 is 17.2 Å². The minimum absolute atomic E-state index is 0.633. The molecule has 4 heteroatoms. The third kappa shape index (κ3) is 1.98. The molecular weight excluding hydrogens is 186 g/mol. The third-order valence-electron chi connectivity index (χ3n) is 1.42. The van der Waals surface area contributed by atoms with Crippen LogP contribution in [0.25, 0.3) is 5.65 Å². The molecule has 0 aliphatic carbocycles. The first-order valence-corrected chi connectivity index (χ1v) is 4.62. The van der Waals surface area contributed by atoms with Crippen molar-refractivity contribution in [1.82, 2.24) is 14.6 Å².